The molecule has 0 amide bonds. The van der Waals surface area contributed by atoms with E-state index >= 15 is 0 Å². The molecule has 2 aromatic rings. The highest BCUT2D eigenvalue weighted by Gasteiger charge is 2.03. The smallest absolute Gasteiger partial charge is 0.252 e. The van der Waals surface area contributed by atoms with Gasteiger partial charge in [0.05, 0.1) is 18.1 Å². The van der Waals surface area contributed by atoms with Crippen molar-refractivity contribution in [1.29, 1.82) is 0 Å². The Morgan fingerprint density at radius 3 is 3.23 bits per heavy atom. The van der Waals surface area contributed by atoms with E-state index in [1.54, 1.807) is 19.5 Å². The van der Waals surface area contributed by atoms with Gasteiger partial charge >= 0.3 is 0 Å². The molecule has 0 fully saturated rings. The third-order valence-electron chi connectivity index (χ3n) is 1.53. The summed E-state index contributed by atoms with van der Waals surface area (Å²) in [5, 5.41) is 4.10. The standard InChI is InChI=1S/C7H9N5O/c1-13-4-6-10-7-9-2-5(8)3-12(7)11-6/h2-3H,4,8H2,1H3. The van der Waals surface area contributed by atoms with E-state index in [0.717, 1.165) is 0 Å². The van der Waals surface area contributed by atoms with Crippen molar-refractivity contribution in [2.45, 2.75) is 6.61 Å². The first-order valence-corrected chi connectivity index (χ1v) is 3.75. The van der Waals surface area contributed by atoms with Crippen molar-refractivity contribution in [3.05, 3.63) is 18.2 Å². The van der Waals surface area contributed by atoms with Gasteiger partial charge in [0.1, 0.15) is 6.61 Å². The first-order chi connectivity index (χ1) is 6.29. The van der Waals surface area contributed by atoms with Crippen molar-refractivity contribution in [2.24, 2.45) is 0 Å². The molecule has 0 spiro atoms. The summed E-state index contributed by atoms with van der Waals surface area (Å²) in [5.41, 5.74) is 6.08. The lowest BCUT2D eigenvalue weighted by atomic mass is 10.6. The number of fused-ring (bicyclic) bond motifs is 1. The van der Waals surface area contributed by atoms with E-state index in [9.17, 15) is 0 Å². The minimum atomic E-state index is 0.378. The summed E-state index contributed by atoms with van der Waals surface area (Å²) in [6, 6.07) is 0. The van der Waals surface area contributed by atoms with Crippen molar-refractivity contribution in [2.75, 3.05) is 12.8 Å². The van der Waals surface area contributed by atoms with Crippen LogP contribution in [-0.4, -0.2) is 26.7 Å². The molecular weight excluding hydrogens is 170 g/mol. The van der Waals surface area contributed by atoms with Crippen LogP contribution in [0.1, 0.15) is 5.82 Å². The molecular formula is C7H9N5O. The van der Waals surface area contributed by atoms with E-state index < -0.39 is 0 Å². The number of nitrogens with two attached hydrogens (primary N) is 1. The third kappa shape index (κ3) is 1.43. The second-order valence-corrected chi connectivity index (χ2v) is 2.59. The zero-order valence-electron chi connectivity index (χ0n) is 7.14. The fourth-order valence-corrected chi connectivity index (χ4v) is 1.03. The Hall–Kier alpha value is -1.69. The monoisotopic (exact) mass is 179 g/mol. The summed E-state index contributed by atoms with van der Waals surface area (Å²) in [7, 11) is 1.59. The SMILES string of the molecule is COCc1nc2ncc(N)cn2n1. The fourth-order valence-electron chi connectivity index (χ4n) is 1.03. The van der Waals surface area contributed by atoms with E-state index in [-0.39, 0.29) is 0 Å². The van der Waals surface area contributed by atoms with Crippen molar-refractivity contribution < 1.29 is 4.74 Å². The summed E-state index contributed by atoms with van der Waals surface area (Å²) in [4.78, 5) is 8.10. The summed E-state index contributed by atoms with van der Waals surface area (Å²) in [6.07, 6.45) is 3.20. The summed E-state index contributed by atoms with van der Waals surface area (Å²) >= 11 is 0. The second kappa shape index (κ2) is 2.98. The maximum Gasteiger partial charge on any atom is 0.252 e. The Bertz CT molecular complexity index is 424. The fraction of sp³-hybridized carbons (Fsp3) is 0.286. The molecule has 0 saturated carbocycles. The molecule has 0 aliphatic rings. The van der Waals surface area contributed by atoms with Crippen LogP contribution in [0.2, 0.25) is 0 Å². The van der Waals surface area contributed by atoms with Gasteiger partial charge in [0.2, 0.25) is 0 Å². The van der Waals surface area contributed by atoms with Gasteiger partial charge in [-0.05, 0) is 0 Å². The number of nitrogens with zero attached hydrogens (tertiary/aromatic N) is 4. The maximum atomic E-state index is 5.52. The molecule has 68 valence electrons. The topological polar surface area (TPSA) is 78.3 Å². The van der Waals surface area contributed by atoms with Gasteiger partial charge in [-0.1, -0.05) is 0 Å². The van der Waals surface area contributed by atoms with Crippen molar-refractivity contribution >= 4 is 11.5 Å². The zero-order valence-corrected chi connectivity index (χ0v) is 7.14. The Balaban J connectivity index is 2.49. The molecule has 13 heavy (non-hydrogen) atoms. The molecule has 0 aliphatic heterocycles. The number of ether oxygens (including phenoxy) is 1. The molecule has 6 nitrogen and oxygen atoms in total. The molecule has 0 aromatic carbocycles. The number of rotatable bonds is 2. The number of anilines is 1. The molecule has 6 heteroatoms. The normalized spacial score (nSPS) is 10.8. The molecule has 0 saturated heterocycles. The Morgan fingerprint density at radius 2 is 2.46 bits per heavy atom. The van der Waals surface area contributed by atoms with Crippen LogP contribution in [0.25, 0.3) is 5.78 Å². The highest BCUT2D eigenvalue weighted by molar-refractivity contribution is 5.37. The third-order valence-corrected chi connectivity index (χ3v) is 1.53. The van der Waals surface area contributed by atoms with E-state index in [2.05, 4.69) is 15.1 Å². The molecule has 2 aromatic heterocycles. The minimum absolute atomic E-state index is 0.378. The number of aromatic nitrogens is 4. The van der Waals surface area contributed by atoms with Crippen LogP contribution in [0.4, 0.5) is 5.69 Å². The Morgan fingerprint density at radius 1 is 1.62 bits per heavy atom. The number of hydrogen-bond donors (Lipinski definition) is 1. The van der Waals surface area contributed by atoms with Gasteiger partial charge in [0.15, 0.2) is 5.82 Å². The Labute approximate surface area is 74.4 Å². The Kier molecular flexibility index (Phi) is 1.82. The number of hydrogen-bond acceptors (Lipinski definition) is 5. The van der Waals surface area contributed by atoms with Crippen molar-refractivity contribution in [3.63, 3.8) is 0 Å². The van der Waals surface area contributed by atoms with Gasteiger partial charge in [0.25, 0.3) is 5.78 Å². The molecule has 2 N–H and O–H groups in total. The van der Waals surface area contributed by atoms with Gasteiger partial charge in [-0.3, -0.25) is 0 Å². The predicted octanol–water partition coefficient (Wildman–Crippen LogP) is -0.147. The lowest BCUT2D eigenvalue weighted by Crippen LogP contribution is -1.94. The van der Waals surface area contributed by atoms with Crippen LogP contribution in [0, 0.1) is 0 Å². The van der Waals surface area contributed by atoms with Crippen LogP contribution in [-0.2, 0) is 11.3 Å². The quantitative estimate of drug-likeness (QED) is 0.693. The minimum Gasteiger partial charge on any atom is -0.396 e. The van der Waals surface area contributed by atoms with Crippen LogP contribution in [0.5, 0.6) is 0 Å². The van der Waals surface area contributed by atoms with Crippen molar-refractivity contribution in [1.82, 2.24) is 19.6 Å². The van der Waals surface area contributed by atoms with Crippen LogP contribution >= 0.6 is 0 Å². The zero-order chi connectivity index (χ0) is 9.26. The van der Waals surface area contributed by atoms with Gasteiger partial charge in [0, 0.05) is 7.11 Å². The van der Waals surface area contributed by atoms with Gasteiger partial charge in [-0.15, -0.1) is 5.10 Å². The van der Waals surface area contributed by atoms with Crippen molar-refractivity contribution in [3.8, 4) is 0 Å². The maximum absolute atomic E-state index is 5.52. The largest absolute Gasteiger partial charge is 0.396 e. The summed E-state index contributed by atoms with van der Waals surface area (Å²) in [5.74, 6) is 1.13. The van der Waals surface area contributed by atoms with E-state index in [0.29, 0.717) is 23.9 Å². The van der Waals surface area contributed by atoms with E-state index in [1.165, 1.54) is 4.52 Å². The second-order valence-electron chi connectivity index (χ2n) is 2.59. The molecule has 0 atom stereocenters. The average molecular weight is 179 g/mol. The molecule has 0 aliphatic carbocycles. The summed E-state index contributed by atoms with van der Waals surface area (Å²) in [6.45, 7) is 0.378. The average Bonchev–Trinajstić information content (AvgIpc) is 2.46. The van der Waals surface area contributed by atoms with E-state index in [4.69, 9.17) is 10.5 Å². The van der Waals surface area contributed by atoms with Crippen LogP contribution in [0.15, 0.2) is 12.4 Å². The van der Waals surface area contributed by atoms with Gasteiger partial charge in [-0.25, -0.2) is 9.50 Å². The highest BCUT2D eigenvalue weighted by atomic mass is 16.5. The molecule has 0 unspecified atom stereocenters. The number of methoxy groups -OCH3 is 1. The molecule has 2 rings (SSSR count). The number of nitrogen functional groups attached to an aromatic ring is 1. The lowest BCUT2D eigenvalue weighted by Gasteiger charge is -1.90. The molecule has 2 heterocycles. The van der Waals surface area contributed by atoms with Gasteiger partial charge in [-0.2, -0.15) is 4.98 Å². The molecule has 0 radical (unpaired) electrons. The van der Waals surface area contributed by atoms with E-state index in [1.807, 2.05) is 0 Å². The first kappa shape index (κ1) is 7.93. The molecule has 0 bridgehead atoms. The van der Waals surface area contributed by atoms with Crippen LogP contribution in [0.3, 0.4) is 0 Å². The lowest BCUT2D eigenvalue weighted by molar-refractivity contribution is 0.178. The summed E-state index contributed by atoms with van der Waals surface area (Å²) < 4.78 is 6.42. The highest BCUT2D eigenvalue weighted by Crippen LogP contribution is 2.02. The predicted molar refractivity (Wildman–Crippen MR) is 45.9 cm³/mol. The first-order valence-electron chi connectivity index (χ1n) is 3.75. The van der Waals surface area contributed by atoms with Gasteiger partial charge < -0.3 is 10.5 Å². The van der Waals surface area contributed by atoms with Crippen LogP contribution < -0.4 is 5.73 Å².